The topological polar surface area (TPSA) is 46.5 Å². The lowest BCUT2D eigenvalue weighted by Crippen LogP contribution is -2.42. The summed E-state index contributed by atoms with van der Waals surface area (Å²) >= 11 is 0. The minimum atomic E-state index is -1.37. The first-order valence-corrected chi connectivity index (χ1v) is 6.10. The van der Waals surface area contributed by atoms with Gasteiger partial charge < -0.3 is 9.84 Å². The summed E-state index contributed by atoms with van der Waals surface area (Å²) in [5.41, 5.74) is -1.88. The minimum Gasteiger partial charge on any atom is -0.458 e. The Morgan fingerprint density at radius 2 is 1.81 bits per heavy atom. The number of carbonyl (C=O) groups is 1. The molecule has 16 heavy (non-hydrogen) atoms. The first-order chi connectivity index (χ1) is 7.14. The van der Waals surface area contributed by atoms with Crippen molar-refractivity contribution >= 4 is 5.97 Å². The molecule has 0 radical (unpaired) electrons. The third-order valence-corrected chi connectivity index (χ3v) is 3.03. The van der Waals surface area contributed by atoms with Crippen LogP contribution in [0.15, 0.2) is 0 Å². The average Bonchev–Trinajstić information content (AvgIpc) is 2.15. The van der Waals surface area contributed by atoms with Crippen LogP contribution in [0.3, 0.4) is 0 Å². The van der Waals surface area contributed by atoms with E-state index in [2.05, 4.69) is 13.8 Å². The summed E-state index contributed by atoms with van der Waals surface area (Å²) in [4.78, 5) is 11.7. The molecule has 3 heteroatoms. The highest BCUT2D eigenvalue weighted by Gasteiger charge is 2.35. The van der Waals surface area contributed by atoms with Crippen LogP contribution in [0, 0.1) is 5.92 Å². The van der Waals surface area contributed by atoms with Gasteiger partial charge in [0.2, 0.25) is 0 Å². The summed E-state index contributed by atoms with van der Waals surface area (Å²) < 4.78 is 5.38. The molecule has 0 aliphatic heterocycles. The second-order valence-electron chi connectivity index (χ2n) is 5.49. The van der Waals surface area contributed by atoms with E-state index in [1.807, 2.05) is 13.8 Å². The highest BCUT2D eigenvalue weighted by molar-refractivity contribution is 5.79. The molecule has 0 bridgehead atoms. The number of hydrogen-bond acceptors (Lipinski definition) is 3. The standard InChI is InChI=1S/C13H26O3/c1-7-10(3)9-12(4,5)16-11(14)13(6,15)8-2/h10,15H,7-9H2,1-6H3. The van der Waals surface area contributed by atoms with Crippen LogP contribution in [0.5, 0.6) is 0 Å². The third-order valence-electron chi connectivity index (χ3n) is 3.03. The Balaban J connectivity index is 4.42. The lowest BCUT2D eigenvalue weighted by atomic mass is 9.92. The molecule has 0 aromatic carbocycles. The van der Waals surface area contributed by atoms with Crippen LogP contribution in [-0.2, 0) is 9.53 Å². The molecular formula is C13H26O3. The highest BCUT2D eigenvalue weighted by Crippen LogP contribution is 2.25. The largest absolute Gasteiger partial charge is 0.458 e. The fourth-order valence-electron chi connectivity index (χ4n) is 1.53. The van der Waals surface area contributed by atoms with E-state index < -0.39 is 17.2 Å². The molecule has 1 N–H and O–H groups in total. The number of aliphatic hydroxyl groups is 1. The van der Waals surface area contributed by atoms with Crippen molar-refractivity contribution in [3.63, 3.8) is 0 Å². The molecule has 3 nitrogen and oxygen atoms in total. The van der Waals surface area contributed by atoms with Crippen LogP contribution >= 0.6 is 0 Å². The van der Waals surface area contributed by atoms with Gasteiger partial charge in [0.15, 0.2) is 5.60 Å². The van der Waals surface area contributed by atoms with E-state index in [9.17, 15) is 9.90 Å². The zero-order valence-electron chi connectivity index (χ0n) is 11.5. The molecule has 0 rings (SSSR count). The van der Waals surface area contributed by atoms with Gasteiger partial charge in [-0.2, -0.15) is 0 Å². The van der Waals surface area contributed by atoms with Crippen LogP contribution < -0.4 is 0 Å². The second kappa shape index (κ2) is 5.67. The van der Waals surface area contributed by atoms with Gasteiger partial charge >= 0.3 is 5.97 Å². The van der Waals surface area contributed by atoms with Gasteiger partial charge in [0.1, 0.15) is 5.60 Å². The SMILES string of the molecule is CCC(C)CC(C)(C)OC(=O)C(C)(O)CC. The highest BCUT2D eigenvalue weighted by atomic mass is 16.6. The van der Waals surface area contributed by atoms with Crippen molar-refractivity contribution in [3.8, 4) is 0 Å². The van der Waals surface area contributed by atoms with E-state index >= 15 is 0 Å². The van der Waals surface area contributed by atoms with Crippen molar-refractivity contribution in [2.45, 2.75) is 72.0 Å². The Bertz CT molecular complexity index is 231. The maximum absolute atomic E-state index is 11.7. The molecule has 2 atom stereocenters. The number of rotatable bonds is 6. The Labute approximate surface area is 99.2 Å². The molecule has 0 saturated heterocycles. The van der Waals surface area contributed by atoms with Crippen molar-refractivity contribution in [1.82, 2.24) is 0 Å². The zero-order valence-corrected chi connectivity index (χ0v) is 11.5. The lowest BCUT2D eigenvalue weighted by Gasteiger charge is -2.31. The van der Waals surface area contributed by atoms with E-state index in [0.29, 0.717) is 12.3 Å². The quantitative estimate of drug-likeness (QED) is 0.714. The fourth-order valence-corrected chi connectivity index (χ4v) is 1.53. The molecule has 2 unspecified atom stereocenters. The summed E-state index contributed by atoms with van der Waals surface area (Å²) in [6.07, 6.45) is 2.24. The van der Waals surface area contributed by atoms with Crippen molar-refractivity contribution in [2.24, 2.45) is 5.92 Å². The molecule has 0 saturated carbocycles. The van der Waals surface area contributed by atoms with Crippen molar-refractivity contribution in [1.29, 1.82) is 0 Å². The van der Waals surface area contributed by atoms with Crippen molar-refractivity contribution < 1.29 is 14.6 Å². The summed E-state index contributed by atoms with van der Waals surface area (Å²) in [6, 6.07) is 0. The molecular weight excluding hydrogens is 204 g/mol. The molecule has 0 fully saturated rings. The van der Waals surface area contributed by atoms with Crippen LogP contribution in [0.1, 0.15) is 60.8 Å². The lowest BCUT2D eigenvalue weighted by molar-refractivity contribution is -0.178. The van der Waals surface area contributed by atoms with Gasteiger partial charge in [-0.25, -0.2) is 4.79 Å². The first kappa shape index (κ1) is 15.4. The van der Waals surface area contributed by atoms with E-state index in [1.54, 1.807) is 6.92 Å². The fraction of sp³-hybridized carbons (Fsp3) is 0.923. The molecule has 96 valence electrons. The number of carbonyl (C=O) groups excluding carboxylic acids is 1. The predicted octanol–water partition coefficient (Wildman–Crippen LogP) is 2.91. The smallest absolute Gasteiger partial charge is 0.338 e. The monoisotopic (exact) mass is 230 g/mol. The third kappa shape index (κ3) is 4.97. The minimum absolute atomic E-state index is 0.366. The van der Waals surface area contributed by atoms with Gasteiger partial charge in [-0.15, -0.1) is 0 Å². The zero-order chi connectivity index (χ0) is 13.0. The maximum Gasteiger partial charge on any atom is 0.338 e. The first-order valence-electron chi connectivity index (χ1n) is 6.10. The molecule has 0 aliphatic carbocycles. The maximum atomic E-state index is 11.7. The van der Waals surface area contributed by atoms with Crippen molar-refractivity contribution in [3.05, 3.63) is 0 Å². The average molecular weight is 230 g/mol. The van der Waals surface area contributed by atoms with Crippen LogP contribution in [0.2, 0.25) is 0 Å². The molecule has 0 aromatic rings. The van der Waals surface area contributed by atoms with Gasteiger partial charge in [0, 0.05) is 0 Å². The van der Waals surface area contributed by atoms with Gasteiger partial charge in [-0.05, 0) is 39.5 Å². The molecule has 0 aliphatic rings. The predicted molar refractivity (Wildman–Crippen MR) is 65.2 cm³/mol. The van der Waals surface area contributed by atoms with Gasteiger partial charge in [0.25, 0.3) is 0 Å². The summed E-state index contributed by atoms with van der Waals surface area (Å²) in [7, 11) is 0. The molecule has 0 spiro atoms. The normalized spacial score (nSPS) is 17.7. The second-order valence-corrected chi connectivity index (χ2v) is 5.49. The molecule has 0 heterocycles. The van der Waals surface area contributed by atoms with Crippen LogP contribution in [0.25, 0.3) is 0 Å². The van der Waals surface area contributed by atoms with E-state index in [1.165, 1.54) is 6.92 Å². The van der Waals surface area contributed by atoms with Gasteiger partial charge in [-0.1, -0.05) is 27.2 Å². The molecule has 0 aromatic heterocycles. The Morgan fingerprint density at radius 3 is 2.19 bits per heavy atom. The number of hydrogen-bond donors (Lipinski definition) is 1. The number of ether oxygens (including phenoxy) is 1. The van der Waals surface area contributed by atoms with Gasteiger partial charge in [-0.3, -0.25) is 0 Å². The Kier molecular flexibility index (Phi) is 5.47. The Hall–Kier alpha value is -0.570. The van der Waals surface area contributed by atoms with E-state index in [0.717, 1.165) is 12.8 Å². The summed E-state index contributed by atoms with van der Waals surface area (Å²) in [5, 5.41) is 9.77. The summed E-state index contributed by atoms with van der Waals surface area (Å²) in [5.74, 6) is -0.0160. The van der Waals surface area contributed by atoms with E-state index in [-0.39, 0.29) is 0 Å². The number of esters is 1. The van der Waals surface area contributed by atoms with Crippen LogP contribution in [0.4, 0.5) is 0 Å². The molecule has 0 amide bonds. The Morgan fingerprint density at radius 1 is 1.31 bits per heavy atom. The van der Waals surface area contributed by atoms with Crippen LogP contribution in [-0.4, -0.2) is 22.3 Å². The van der Waals surface area contributed by atoms with Gasteiger partial charge in [0.05, 0.1) is 0 Å². The van der Waals surface area contributed by atoms with Crippen molar-refractivity contribution in [2.75, 3.05) is 0 Å². The summed E-state index contributed by atoms with van der Waals surface area (Å²) in [6.45, 7) is 11.3. The van der Waals surface area contributed by atoms with E-state index in [4.69, 9.17) is 4.74 Å².